The molecule has 0 aliphatic rings. The molecule has 4 heteroatoms. The zero-order chi connectivity index (χ0) is 0. The Balaban J connectivity index is 0. The fourth-order valence-corrected chi connectivity index (χ4v) is 0. The summed E-state index contributed by atoms with van der Waals surface area (Å²) < 4.78 is 0. The monoisotopic (exact) mass is 154 g/mol. The van der Waals surface area contributed by atoms with Gasteiger partial charge in [0.25, 0.3) is 0 Å². The van der Waals surface area contributed by atoms with E-state index in [1.165, 1.54) is 0 Å². The van der Waals surface area contributed by atoms with E-state index < -0.39 is 0 Å². The van der Waals surface area contributed by atoms with Gasteiger partial charge in [-0.05, 0) is 0 Å². The molecule has 4 radical (unpaired) electrons. The largest absolute Gasteiger partial charge is 0.153 e. The van der Waals surface area contributed by atoms with E-state index in [4.69, 9.17) is 0 Å². The molecule has 1 atom stereocenters. The first-order valence-corrected chi connectivity index (χ1v) is 0. The molecule has 0 spiro atoms. The van der Waals surface area contributed by atoms with Crippen LogP contribution in [-0.4, -0.2) is 8.41 Å². The summed E-state index contributed by atoms with van der Waals surface area (Å²) in [5, 5.41) is 0. The molecule has 0 nitrogen and oxygen atoms in total. The summed E-state index contributed by atoms with van der Waals surface area (Å²) in [4.78, 5) is 0. The Bertz CT molecular complexity index is 8.00. The molecule has 0 N–H and O–H groups in total. The van der Waals surface area contributed by atoms with Gasteiger partial charge in [0, 0.05) is 43.5 Å². The molecule has 0 saturated heterocycles. The van der Waals surface area contributed by atoms with E-state index in [0.717, 1.165) is 0 Å². The number of hydrogen-bond acceptors (Lipinski definition) is 0. The average Bonchev–Trinajstić information content (AvgIpc) is 0. The number of hydrogen-bond donors (Lipinski definition) is 0. The van der Waals surface area contributed by atoms with Gasteiger partial charge in [0.1, 0.15) is 0 Å². The summed E-state index contributed by atoms with van der Waals surface area (Å²) in [6.45, 7) is 0. The van der Waals surface area contributed by atoms with Gasteiger partial charge in [-0.2, -0.15) is 9.90 Å². The van der Waals surface area contributed by atoms with E-state index in [1.54, 1.807) is 0 Å². The van der Waals surface area contributed by atoms with Crippen LogP contribution >= 0.6 is 9.90 Å². The van der Waals surface area contributed by atoms with Crippen LogP contribution in [0.3, 0.4) is 0 Å². The van der Waals surface area contributed by atoms with Crippen molar-refractivity contribution in [2.24, 2.45) is 0 Å². The quantitative estimate of drug-likeness (QED) is 0.331. The Kier molecular flexibility index (Phi) is 278. The Morgan fingerprint density at radius 1 is 1.00 bits per heavy atom. The molecule has 0 aromatic rings. The maximum absolute atomic E-state index is 0. The average molecular weight is 154 g/mol. The van der Waals surface area contributed by atoms with Gasteiger partial charge in [0.15, 0.2) is 0 Å². The maximum atomic E-state index is 0. The molecule has 0 saturated carbocycles. The molecule has 0 aliphatic heterocycles. The molecule has 0 bridgehead atoms. The first-order chi connectivity index (χ1) is 0. The van der Waals surface area contributed by atoms with Crippen molar-refractivity contribution in [2.45, 2.75) is 0 Å². The molecule has 0 aliphatic carbocycles. The first kappa shape index (κ1) is 47.1. The zero-order valence-corrected chi connectivity index (χ0v) is 5.85. The van der Waals surface area contributed by atoms with E-state index >= 15 is 0 Å². The molecule has 0 heterocycles. The van der Waals surface area contributed by atoms with E-state index in [1.807, 2.05) is 0 Å². The zero-order valence-electron chi connectivity index (χ0n) is 2.05. The van der Waals surface area contributed by atoms with Gasteiger partial charge in [-0.25, -0.2) is 0 Å². The van der Waals surface area contributed by atoms with Crippen molar-refractivity contribution in [3.63, 3.8) is 0 Å². The third-order valence-corrected chi connectivity index (χ3v) is 0. The summed E-state index contributed by atoms with van der Waals surface area (Å²) in [5.41, 5.74) is 0. The molecule has 0 fully saturated rings. The van der Waals surface area contributed by atoms with Gasteiger partial charge < -0.3 is 0 Å². The summed E-state index contributed by atoms with van der Waals surface area (Å²) in [6, 6.07) is 0. The predicted octanol–water partition coefficient (Wildman–Crippen LogP) is -0.328. The van der Waals surface area contributed by atoms with Crippen LogP contribution in [0.25, 0.3) is 0 Å². The third-order valence-electron chi connectivity index (χ3n) is 0. The summed E-state index contributed by atoms with van der Waals surface area (Å²) in [6.07, 6.45) is 0. The van der Waals surface area contributed by atoms with Crippen LogP contribution in [0.2, 0.25) is 0 Å². The molecular formula is H3BNiPV. The van der Waals surface area contributed by atoms with Crippen LogP contribution in [0.4, 0.5) is 0 Å². The topological polar surface area (TPSA) is 0 Å². The Morgan fingerprint density at radius 3 is 1.00 bits per heavy atom. The van der Waals surface area contributed by atoms with Crippen LogP contribution in [0, 0.1) is 0 Å². The van der Waals surface area contributed by atoms with Crippen molar-refractivity contribution in [1.82, 2.24) is 0 Å². The fourth-order valence-electron chi connectivity index (χ4n) is 0. The normalized spacial score (nSPS) is 0. The van der Waals surface area contributed by atoms with E-state index in [2.05, 4.69) is 0 Å². The molecule has 4 heavy (non-hydrogen) atoms. The minimum absolute atomic E-state index is 0. The van der Waals surface area contributed by atoms with Crippen molar-refractivity contribution in [3.8, 4) is 0 Å². The van der Waals surface area contributed by atoms with Crippen molar-refractivity contribution in [1.29, 1.82) is 0 Å². The second-order valence-corrected chi connectivity index (χ2v) is 0. The van der Waals surface area contributed by atoms with Crippen molar-refractivity contribution in [2.75, 3.05) is 0 Å². The maximum Gasteiger partial charge on any atom is 0 e. The molecule has 26 valence electrons. The second-order valence-electron chi connectivity index (χ2n) is 0. The minimum Gasteiger partial charge on any atom is -0.153 e. The third kappa shape index (κ3) is 9.56. The van der Waals surface area contributed by atoms with Crippen LogP contribution in [0.5, 0.6) is 0 Å². The SMILES string of the molecule is P.[B].[Ni].[V]. The van der Waals surface area contributed by atoms with Crippen molar-refractivity contribution >= 4 is 18.3 Å². The van der Waals surface area contributed by atoms with Crippen molar-refractivity contribution in [3.05, 3.63) is 0 Å². The van der Waals surface area contributed by atoms with Crippen LogP contribution < -0.4 is 0 Å². The van der Waals surface area contributed by atoms with Gasteiger partial charge in [-0.1, -0.05) is 0 Å². The van der Waals surface area contributed by atoms with Gasteiger partial charge in [0.2, 0.25) is 0 Å². The van der Waals surface area contributed by atoms with Crippen molar-refractivity contribution < 1.29 is 35.0 Å². The van der Waals surface area contributed by atoms with Gasteiger partial charge in [0.05, 0.1) is 0 Å². The first-order valence-electron chi connectivity index (χ1n) is 0. The standard InChI is InChI=1S/B.Ni.H3P.V/h;;1H3;. The summed E-state index contributed by atoms with van der Waals surface area (Å²) >= 11 is 0. The molecular weight excluding hydrogens is 151 g/mol. The van der Waals surface area contributed by atoms with E-state index in [-0.39, 0.29) is 53.4 Å². The molecule has 0 amide bonds. The predicted molar refractivity (Wildman–Crippen MR) is 16.9 cm³/mol. The van der Waals surface area contributed by atoms with Crippen LogP contribution in [-0.2, 0) is 35.0 Å². The summed E-state index contributed by atoms with van der Waals surface area (Å²) in [5.74, 6) is 0. The van der Waals surface area contributed by atoms with Crippen LogP contribution in [0.1, 0.15) is 0 Å². The fraction of sp³-hybridized carbons (Fsp3) is 0. The molecule has 0 rings (SSSR count). The Labute approximate surface area is 53.5 Å². The molecule has 0 aromatic carbocycles. The van der Waals surface area contributed by atoms with Crippen LogP contribution in [0.15, 0.2) is 0 Å². The summed E-state index contributed by atoms with van der Waals surface area (Å²) in [7, 11) is 0. The smallest absolute Gasteiger partial charge is 0 e. The Hall–Kier alpha value is 1.57. The second kappa shape index (κ2) is 23.6. The Morgan fingerprint density at radius 2 is 1.00 bits per heavy atom. The van der Waals surface area contributed by atoms with Gasteiger partial charge >= 0.3 is 0 Å². The van der Waals surface area contributed by atoms with Gasteiger partial charge in [-0.3, -0.25) is 0 Å². The molecule has 1 unspecified atom stereocenters. The minimum atomic E-state index is 0. The van der Waals surface area contributed by atoms with Gasteiger partial charge in [-0.15, -0.1) is 0 Å². The van der Waals surface area contributed by atoms with E-state index in [9.17, 15) is 0 Å². The van der Waals surface area contributed by atoms with E-state index in [0.29, 0.717) is 0 Å². The number of rotatable bonds is 0. The molecule has 0 aromatic heterocycles.